The number of imidazole rings is 1. The van der Waals surface area contributed by atoms with E-state index in [1.165, 1.54) is 0 Å². The van der Waals surface area contributed by atoms with E-state index < -0.39 is 0 Å². The fourth-order valence-corrected chi connectivity index (χ4v) is 3.18. The lowest BCUT2D eigenvalue weighted by atomic mass is 10.2. The van der Waals surface area contributed by atoms with E-state index in [0.717, 1.165) is 27.6 Å². The highest BCUT2D eigenvalue weighted by molar-refractivity contribution is 7.09. The van der Waals surface area contributed by atoms with E-state index in [0.29, 0.717) is 0 Å². The zero-order chi connectivity index (χ0) is 14.3. The van der Waals surface area contributed by atoms with Gasteiger partial charge in [0.05, 0.1) is 11.4 Å². The predicted molar refractivity (Wildman–Crippen MR) is 82.5 cm³/mol. The molecule has 2 atom stereocenters. The molecular weight excluding hydrogens is 292 g/mol. The Kier molecular flexibility index (Phi) is 3.48. The van der Waals surface area contributed by atoms with Crippen LogP contribution in [0.25, 0.3) is 11.2 Å². The van der Waals surface area contributed by atoms with Crippen molar-refractivity contribution < 1.29 is 0 Å². The molecule has 4 nitrogen and oxygen atoms in total. The number of hydrogen-bond donors (Lipinski definition) is 0. The maximum Gasteiger partial charge on any atom is 0.160 e. The molecular formula is C14H15ClN4S. The van der Waals surface area contributed by atoms with Gasteiger partial charge < -0.3 is 4.57 Å². The SMILES string of the molecule is Cc1ccnc2c1nc(C(C)Cl)n2C(C)c1nccs1. The number of halogens is 1. The van der Waals surface area contributed by atoms with E-state index in [4.69, 9.17) is 11.6 Å². The second-order valence-electron chi connectivity index (χ2n) is 4.80. The maximum absolute atomic E-state index is 6.31. The number of aromatic nitrogens is 4. The zero-order valence-corrected chi connectivity index (χ0v) is 13.1. The summed E-state index contributed by atoms with van der Waals surface area (Å²) in [6.45, 7) is 6.08. The molecule has 0 aliphatic heterocycles. The number of thiazole rings is 1. The molecule has 0 aliphatic rings. The van der Waals surface area contributed by atoms with Gasteiger partial charge in [-0.2, -0.15) is 0 Å². The Hall–Kier alpha value is -1.46. The molecule has 2 unspecified atom stereocenters. The van der Waals surface area contributed by atoms with Gasteiger partial charge in [-0.25, -0.2) is 15.0 Å². The Bertz CT molecular complexity index is 733. The van der Waals surface area contributed by atoms with Crippen LogP contribution in [0, 0.1) is 6.92 Å². The molecule has 3 rings (SSSR count). The number of nitrogens with zero attached hydrogens (tertiary/aromatic N) is 4. The Morgan fingerprint density at radius 1 is 1.25 bits per heavy atom. The lowest BCUT2D eigenvalue weighted by molar-refractivity contribution is 0.610. The van der Waals surface area contributed by atoms with Gasteiger partial charge in [0, 0.05) is 17.8 Å². The van der Waals surface area contributed by atoms with E-state index in [1.54, 1.807) is 11.3 Å². The minimum atomic E-state index is -0.175. The summed E-state index contributed by atoms with van der Waals surface area (Å²) in [6.07, 6.45) is 3.63. The van der Waals surface area contributed by atoms with Crippen molar-refractivity contribution in [3.8, 4) is 0 Å². The van der Waals surface area contributed by atoms with Crippen LogP contribution in [-0.4, -0.2) is 19.5 Å². The number of fused-ring (bicyclic) bond motifs is 1. The van der Waals surface area contributed by atoms with E-state index in [1.807, 2.05) is 37.7 Å². The van der Waals surface area contributed by atoms with Crippen molar-refractivity contribution in [3.63, 3.8) is 0 Å². The number of alkyl halides is 1. The molecule has 0 N–H and O–H groups in total. The van der Waals surface area contributed by atoms with E-state index >= 15 is 0 Å². The first-order valence-corrected chi connectivity index (χ1v) is 7.78. The third-order valence-electron chi connectivity index (χ3n) is 3.36. The largest absolute Gasteiger partial charge is 0.302 e. The Morgan fingerprint density at radius 3 is 2.70 bits per heavy atom. The molecule has 20 heavy (non-hydrogen) atoms. The second-order valence-corrected chi connectivity index (χ2v) is 6.38. The van der Waals surface area contributed by atoms with Gasteiger partial charge >= 0.3 is 0 Å². The Labute approximate surface area is 126 Å². The van der Waals surface area contributed by atoms with Crippen LogP contribution in [0.5, 0.6) is 0 Å². The number of pyridine rings is 1. The molecule has 3 aromatic heterocycles. The Balaban J connectivity index is 2.27. The molecule has 0 radical (unpaired) electrons. The van der Waals surface area contributed by atoms with Gasteiger partial charge in [-0.3, -0.25) is 0 Å². The van der Waals surface area contributed by atoms with E-state index in [-0.39, 0.29) is 11.4 Å². The average molecular weight is 307 g/mol. The number of rotatable bonds is 3. The molecule has 3 heterocycles. The number of aryl methyl sites for hydroxylation is 1. The fourth-order valence-electron chi connectivity index (χ4n) is 2.34. The molecule has 3 aromatic rings. The summed E-state index contributed by atoms with van der Waals surface area (Å²) in [7, 11) is 0. The van der Waals surface area contributed by atoms with Crippen molar-refractivity contribution in [2.75, 3.05) is 0 Å². The quantitative estimate of drug-likeness (QED) is 0.684. The molecule has 0 amide bonds. The van der Waals surface area contributed by atoms with Crippen LogP contribution in [0.1, 0.15) is 41.7 Å². The molecule has 0 spiro atoms. The first kappa shape index (κ1) is 13.5. The van der Waals surface area contributed by atoms with Crippen LogP contribution in [0.2, 0.25) is 0 Å². The van der Waals surface area contributed by atoms with Crippen molar-refractivity contribution in [2.45, 2.75) is 32.2 Å². The number of hydrogen-bond acceptors (Lipinski definition) is 4. The van der Waals surface area contributed by atoms with Crippen molar-refractivity contribution in [1.82, 2.24) is 19.5 Å². The molecule has 0 aliphatic carbocycles. The third-order valence-corrected chi connectivity index (χ3v) is 4.50. The highest BCUT2D eigenvalue weighted by Crippen LogP contribution is 2.31. The van der Waals surface area contributed by atoms with Crippen LogP contribution < -0.4 is 0 Å². The van der Waals surface area contributed by atoms with Crippen molar-refractivity contribution >= 4 is 34.1 Å². The normalized spacial score (nSPS) is 14.6. The standard InChI is InChI=1S/C14H15ClN4S/c1-8-4-5-16-13-11(8)18-12(9(2)15)19(13)10(3)14-17-6-7-20-14/h4-7,9-10H,1-3H3. The van der Waals surface area contributed by atoms with Gasteiger partial charge in [0.15, 0.2) is 5.65 Å². The molecule has 0 fully saturated rings. The van der Waals surface area contributed by atoms with Crippen molar-refractivity contribution in [1.29, 1.82) is 0 Å². The van der Waals surface area contributed by atoms with Gasteiger partial charge in [-0.1, -0.05) is 0 Å². The first-order chi connectivity index (χ1) is 9.59. The highest BCUT2D eigenvalue weighted by atomic mass is 35.5. The highest BCUT2D eigenvalue weighted by Gasteiger charge is 2.22. The summed E-state index contributed by atoms with van der Waals surface area (Å²) in [5.74, 6) is 0.839. The lowest BCUT2D eigenvalue weighted by Crippen LogP contribution is -2.11. The van der Waals surface area contributed by atoms with Crippen molar-refractivity contribution in [2.24, 2.45) is 0 Å². The molecule has 0 aromatic carbocycles. The van der Waals surface area contributed by atoms with Crippen LogP contribution in [0.15, 0.2) is 23.8 Å². The van der Waals surface area contributed by atoms with E-state index in [2.05, 4.69) is 26.4 Å². The van der Waals surface area contributed by atoms with Crippen molar-refractivity contribution in [3.05, 3.63) is 40.2 Å². The summed E-state index contributed by atoms with van der Waals surface area (Å²) in [4.78, 5) is 13.6. The van der Waals surface area contributed by atoms with Gasteiger partial charge in [-0.15, -0.1) is 22.9 Å². The van der Waals surface area contributed by atoms with Gasteiger partial charge in [-0.05, 0) is 32.4 Å². The summed E-state index contributed by atoms with van der Waals surface area (Å²) in [5.41, 5.74) is 2.90. The molecule has 0 saturated carbocycles. The molecule has 0 bridgehead atoms. The zero-order valence-electron chi connectivity index (χ0n) is 11.5. The minimum Gasteiger partial charge on any atom is -0.302 e. The second kappa shape index (κ2) is 5.14. The molecule has 0 saturated heterocycles. The van der Waals surface area contributed by atoms with Gasteiger partial charge in [0.1, 0.15) is 16.3 Å². The molecule has 104 valence electrons. The maximum atomic E-state index is 6.31. The van der Waals surface area contributed by atoms with Gasteiger partial charge in [0.2, 0.25) is 0 Å². The van der Waals surface area contributed by atoms with E-state index in [9.17, 15) is 0 Å². The summed E-state index contributed by atoms with van der Waals surface area (Å²) < 4.78 is 2.10. The topological polar surface area (TPSA) is 43.6 Å². The van der Waals surface area contributed by atoms with Crippen LogP contribution >= 0.6 is 22.9 Å². The molecule has 6 heteroatoms. The van der Waals surface area contributed by atoms with Crippen LogP contribution in [0.3, 0.4) is 0 Å². The van der Waals surface area contributed by atoms with Gasteiger partial charge in [0.25, 0.3) is 0 Å². The predicted octanol–water partition coefficient (Wildman–Crippen LogP) is 4.11. The van der Waals surface area contributed by atoms with Crippen LogP contribution in [0.4, 0.5) is 0 Å². The smallest absolute Gasteiger partial charge is 0.160 e. The average Bonchev–Trinajstić information content (AvgIpc) is 3.06. The Morgan fingerprint density at radius 2 is 2.05 bits per heavy atom. The lowest BCUT2D eigenvalue weighted by Gasteiger charge is -2.15. The summed E-state index contributed by atoms with van der Waals surface area (Å²) in [5, 5.41) is 2.84. The van der Waals surface area contributed by atoms with Crippen LogP contribution in [-0.2, 0) is 0 Å². The monoisotopic (exact) mass is 306 g/mol. The summed E-state index contributed by atoms with van der Waals surface area (Å²) in [6, 6.07) is 2.04. The summed E-state index contributed by atoms with van der Waals surface area (Å²) >= 11 is 7.94. The third kappa shape index (κ3) is 2.11. The fraction of sp³-hybridized carbons (Fsp3) is 0.357. The first-order valence-electron chi connectivity index (χ1n) is 6.46. The minimum absolute atomic E-state index is 0.0745.